The minimum Gasteiger partial charge on any atom is -0.481 e. The highest BCUT2D eigenvalue weighted by Gasteiger charge is 2.21. The van der Waals surface area contributed by atoms with Gasteiger partial charge in [-0.2, -0.15) is 5.48 Å². The lowest BCUT2D eigenvalue weighted by Gasteiger charge is -2.14. The Morgan fingerprint density at radius 3 is 1.39 bits per heavy atom. The van der Waals surface area contributed by atoms with Gasteiger partial charge in [0.15, 0.2) is 7.85 Å². The number of hydroxylamine groups is 1. The van der Waals surface area contributed by atoms with Crippen molar-refractivity contribution in [3.8, 4) is 0 Å². The number of unbranched alkanes of at least 4 members (excludes halogenated alkanes) is 12. The normalized spacial score (nSPS) is 12.0. The van der Waals surface area contributed by atoms with Crippen LogP contribution >= 0.6 is 0 Å². The van der Waals surface area contributed by atoms with E-state index in [1.165, 1.54) is 19.3 Å². The van der Waals surface area contributed by atoms with Crippen LogP contribution in [0.3, 0.4) is 0 Å². The molecule has 0 rings (SSSR count). The average molecular weight is 844 g/mol. The van der Waals surface area contributed by atoms with Gasteiger partial charge in [-0.05, 0) is 38.5 Å². The average Bonchev–Trinajstić information content (AvgIpc) is 3.19. The van der Waals surface area contributed by atoms with E-state index in [9.17, 15) is 38.7 Å². The molecule has 0 heterocycles. The molecule has 8 N–H and O–H groups in total. The Morgan fingerprint density at radius 1 is 0.458 bits per heavy atom. The van der Waals surface area contributed by atoms with Gasteiger partial charge in [-0.3, -0.25) is 24.0 Å². The number of nitrogens with one attached hydrogen (secondary N) is 5. The van der Waals surface area contributed by atoms with Gasteiger partial charge in [0.05, 0.1) is 51.4 Å². The molecule has 59 heavy (non-hydrogen) atoms. The van der Waals surface area contributed by atoms with Crippen LogP contribution in [-0.2, 0) is 52.5 Å². The van der Waals surface area contributed by atoms with Crippen LogP contribution < -0.4 is 26.7 Å². The number of carbonyl (C=O) groups is 7. The van der Waals surface area contributed by atoms with E-state index in [1.807, 2.05) is 5.48 Å². The summed E-state index contributed by atoms with van der Waals surface area (Å²) in [5, 5.41) is 37.4. The topological polar surface area (TPSA) is 277 Å². The Bertz CT molecular complexity index is 1170. The van der Waals surface area contributed by atoms with Crippen LogP contribution in [0.15, 0.2) is 0 Å². The van der Waals surface area contributed by atoms with E-state index >= 15 is 0 Å². The number of rotatable bonds is 43. The number of carboxylic acids is 2. The van der Waals surface area contributed by atoms with Gasteiger partial charge in [0.2, 0.25) is 23.6 Å². The molecule has 0 aromatic rings. The highest BCUT2D eigenvalue weighted by Crippen LogP contribution is 2.13. The third-order valence-electron chi connectivity index (χ3n) is 8.93. The number of amides is 4. The van der Waals surface area contributed by atoms with E-state index in [-0.39, 0.29) is 115 Å². The van der Waals surface area contributed by atoms with Gasteiger partial charge in [0, 0.05) is 38.9 Å². The van der Waals surface area contributed by atoms with E-state index in [1.54, 1.807) is 0 Å². The molecule has 0 fully saturated rings. The van der Waals surface area contributed by atoms with Crippen LogP contribution in [0.4, 0.5) is 0 Å². The van der Waals surface area contributed by atoms with E-state index in [2.05, 4.69) is 21.3 Å². The molecule has 0 aliphatic rings. The van der Waals surface area contributed by atoms with Crippen molar-refractivity contribution in [2.75, 3.05) is 72.5 Å². The predicted octanol–water partition coefficient (Wildman–Crippen LogP) is 1.51. The number of carbonyl (C=O) groups excluding carboxylic acids is 5. The summed E-state index contributed by atoms with van der Waals surface area (Å²) in [6.45, 7) is 1.72. The molecule has 0 saturated heterocycles. The molecule has 2 atom stereocenters. The van der Waals surface area contributed by atoms with Crippen molar-refractivity contribution in [2.45, 2.75) is 134 Å². The van der Waals surface area contributed by atoms with Crippen molar-refractivity contribution in [1.82, 2.24) is 26.7 Å². The molecule has 2 radical (unpaired) electrons. The highest BCUT2D eigenvalue weighted by atomic mass is 16.5. The Labute approximate surface area is 349 Å². The largest absolute Gasteiger partial charge is 0.481 e. The van der Waals surface area contributed by atoms with Crippen LogP contribution in [-0.4, -0.2) is 149 Å². The van der Waals surface area contributed by atoms with Gasteiger partial charge in [-0.15, -0.1) is 0 Å². The zero-order valence-corrected chi connectivity index (χ0v) is 34.8. The molecule has 20 heteroatoms. The first kappa shape index (κ1) is 55.3. The lowest BCUT2D eigenvalue weighted by Crippen LogP contribution is -2.41. The molecule has 0 saturated carbocycles. The third kappa shape index (κ3) is 38.3. The second-order valence-electron chi connectivity index (χ2n) is 14.1. The van der Waals surface area contributed by atoms with Crippen molar-refractivity contribution >= 4 is 49.1 Å². The summed E-state index contributed by atoms with van der Waals surface area (Å²) in [6, 6.07) is -1.97. The summed E-state index contributed by atoms with van der Waals surface area (Å²) in [6.07, 6.45) is 14.2. The maximum Gasteiger partial charge on any atom is 0.326 e. The van der Waals surface area contributed by atoms with Crippen molar-refractivity contribution in [3.63, 3.8) is 0 Å². The standard InChI is InChI=1S/C39H70BN5O14/c40-38(52)31(45-55)15-13-14-20-41-35(48)29-58-27-26-57-24-22-43-36(49)30-59-28-25-56-23-21-42-33(46)19-18-32(39(53)54)44-34(47)16-11-9-7-5-3-1-2-4-6-8-10-12-17-37(50)51/h31-32,45,55H,1-30H2,(H,41,48)(H,42,46)(H,43,49)(H,44,47)(H,50,51)(H,53,54)/t31-,32-/m0/s1. The van der Waals surface area contributed by atoms with E-state index < -0.39 is 29.7 Å². The molecule has 0 aromatic carbocycles. The summed E-state index contributed by atoms with van der Waals surface area (Å²) in [5.74, 6) is -3.26. The third-order valence-corrected chi connectivity index (χ3v) is 8.93. The molecule has 0 aromatic heterocycles. The van der Waals surface area contributed by atoms with E-state index in [0.29, 0.717) is 32.2 Å². The lowest BCUT2D eigenvalue weighted by molar-refractivity contribution is -0.142. The van der Waals surface area contributed by atoms with Gasteiger partial charge >= 0.3 is 11.9 Å². The Balaban J connectivity index is 3.66. The Hall–Kier alpha value is -3.69. The molecule has 0 spiro atoms. The quantitative estimate of drug-likeness (QED) is 0.0246. The number of hydrogen-bond donors (Lipinski definition) is 8. The molecular formula is C39H70BN5O14. The monoisotopic (exact) mass is 844 g/mol. The second-order valence-corrected chi connectivity index (χ2v) is 14.1. The fourth-order valence-corrected chi connectivity index (χ4v) is 5.59. The summed E-state index contributed by atoms with van der Waals surface area (Å²) < 4.78 is 21.2. The smallest absolute Gasteiger partial charge is 0.326 e. The van der Waals surface area contributed by atoms with Crippen molar-refractivity contribution in [1.29, 1.82) is 0 Å². The fourth-order valence-electron chi connectivity index (χ4n) is 5.59. The minimum atomic E-state index is -1.19. The first-order valence-electron chi connectivity index (χ1n) is 21.0. The molecule has 0 aliphatic heterocycles. The van der Waals surface area contributed by atoms with E-state index in [0.717, 1.165) is 51.4 Å². The molecule has 0 bridgehead atoms. The van der Waals surface area contributed by atoms with Gasteiger partial charge in [-0.25, -0.2) is 4.79 Å². The predicted molar refractivity (Wildman–Crippen MR) is 217 cm³/mol. The van der Waals surface area contributed by atoms with Crippen LogP contribution in [0, 0.1) is 0 Å². The lowest BCUT2D eigenvalue weighted by atomic mass is 9.92. The molecule has 338 valence electrons. The van der Waals surface area contributed by atoms with Crippen molar-refractivity contribution < 1.29 is 67.9 Å². The maximum absolute atomic E-state index is 12.3. The number of carboxylic acid groups (broad SMARTS) is 2. The first-order valence-corrected chi connectivity index (χ1v) is 21.0. The Morgan fingerprint density at radius 2 is 0.915 bits per heavy atom. The van der Waals surface area contributed by atoms with E-state index in [4.69, 9.17) is 37.1 Å². The van der Waals surface area contributed by atoms with Crippen LogP contribution in [0.2, 0.25) is 0 Å². The second kappa shape index (κ2) is 39.8. The van der Waals surface area contributed by atoms with Gasteiger partial charge in [0.1, 0.15) is 19.3 Å². The van der Waals surface area contributed by atoms with Gasteiger partial charge < -0.3 is 60.4 Å². The number of ether oxygens (including phenoxy) is 4. The van der Waals surface area contributed by atoms with Crippen molar-refractivity contribution in [2.24, 2.45) is 0 Å². The summed E-state index contributed by atoms with van der Waals surface area (Å²) in [4.78, 5) is 81.2. The molecule has 4 amide bonds. The molecular weight excluding hydrogens is 773 g/mol. The highest BCUT2D eigenvalue weighted by molar-refractivity contribution is 6.59. The van der Waals surface area contributed by atoms with Crippen molar-refractivity contribution in [3.05, 3.63) is 0 Å². The summed E-state index contributed by atoms with van der Waals surface area (Å²) >= 11 is 0. The summed E-state index contributed by atoms with van der Waals surface area (Å²) in [7, 11) is 5.11. The Kier molecular flexibility index (Phi) is 37.3. The number of aliphatic carboxylic acids is 2. The van der Waals surface area contributed by atoms with Crippen LogP contribution in [0.1, 0.15) is 122 Å². The SMILES string of the molecule is [B]C(=O)[C@H](CCCCNC(=O)COCCOCCNC(=O)COCCOCCNC(=O)CC[C@H](NC(=O)CCCCCCCCCCCCCCC(=O)O)C(=O)O)NO. The zero-order chi connectivity index (χ0) is 43.8. The minimum absolute atomic E-state index is 0.0373. The van der Waals surface area contributed by atoms with Gasteiger partial charge in [0.25, 0.3) is 0 Å². The molecule has 19 nitrogen and oxygen atoms in total. The number of hydrogen-bond acceptors (Lipinski definition) is 13. The van der Waals surface area contributed by atoms with Crippen LogP contribution in [0.25, 0.3) is 0 Å². The zero-order valence-electron chi connectivity index (χ0n) is 34.8. The van der Waals surface area contributed by atoms with Crippen LogP contribution in [0.5, 0.6) is 0 Å². The molecule has 0 unspecified atom stereocenters. The fraction of sp³-hybridized carbons (Fsp3) is 0.821. The van der Waals surface area contributed by atoms with Gasteiger partial charge in [-0.1, -0.05) is 64.2 Å². The molecule has 0 aliphatic carbocycles. The first-order chi connectivity index (χ1) is 28.5. The summed E-state index contributed by atoms with van der Waals surface area (Å²) in [5.41, 5.74) is 1.20. The maximum atomic E-state index is 12.3.